The Bertz CT molecular complexity index is 656. The summed E-state index contributed by atoms with van der Waals surface area (Å²) < 4.78 is 11.4. The summed E-state index contributed by atoms with van der Waals surface area (Å²) in [6.45, 7) is 2.54. The van der Waals surface area contributed by atoms with E-state index < -0.39 is 0 Å². The van der Waals surface area contributed by atoms with Gasteiger partial charge in [-0.2, -0.15) is 5.26 Å². The van der Waals surface area contributed by atoms with E-state index in [0.717, 1.165) is 5.75 Å². The highest BCUT2D eigenvalue weighted by molar-refractivity contribution is 7.71. The van der Waals surface area contributed by atoms with E-state index >= 15 is 0 Å². The molecule has 1 aromatic heterocycles. The maximum atomic E-state index is 9.05. The fourth-order valence-electron chi connectivity index (χ4n) is 1.55. The van der Waals surface area contributed by atoms with Gasteiger partial charge in [0.05, 0.1) is 6.61 Å². The van der Waals surface area contributed by atoms with Crippen LogP contribution in [-0.2, 0) is 0 Å². The van der Waals surface area contributed by atoms with E-state index in [4.69, 9.17) is 27.0 Å². The van der Waals surface area contributed by atoms with Gasteiger partial charge in [-0.25, -0.2) is 0 Å². The van der Waals surface area contributed by atoms with Gasteiger partial charge < -0.3 is 14.5 Å². The van der Waals surface area contributed by atoms with Crippen molar-refractivity contribution in [3.05, 3.63) is 46.7 Å². The first-order valence-electron chi connectivity index (χ1n) is 5.77. The van der Waals surface area contributed by atoms with Crippen LogP contribution in [0.4, 0.5) is 0 Å². The summed E-state index contributed by atoms with van der Waals surface area (Å²) in [5.41, 5.74) is 0.325. The summed E-state index contributed by atoms with van der Waals surface area (Å²) in [4.78, 5) is 2.80. The second kappa shape index (κ2) is 6.03. The first-order valence-corrected chi connectivity index (χ1v) is 6.18. The van der Waals surface area contributed by atoms with Crippen LogP contribution >= 0.6 is 12.2 Å². The number of H-pyrrole nitrogens is 1. The van der Waals surface area contributed by atoms with Gasteiger partial charge in [0.25, 0.3) is 0 Å². The third kappa shape index (κ3) is 3.12. The van der Waals surface area contributed by atoms with Crippen LogP contribution in [0.3, 0.4) is 0 Å². The van der Waals surface area contributed by atoms with Crippen LogP contribution in [0, 0.1) is 16.0 Å². The van der Waals surface area contributed by atoms with Crippen molar-refractivity contribution < 1.29 is 9.47 Å². The third-order valence-electron chi connectivity index (χ3n) is 2.40. The van der Waals surface area contributed by atoms with Crippen LogP contribution in [0.15, 0.2) is 36.5 Å². The van der Waals surface area contributed by atoms with Crippen LogP contribution in [0.5, 0.6) is 17.2 Å². The van der Waals surface area contributed by atoms with E-state index in [9.17, 15) is 0 Å². The summed E-state index contributed by atoms with van der Waals surface area (Å²) in [7, 11) is 0. The van der Waals surface area contributed by atoms with Gasteiger partial charge in [0.2, 0.25) is 0 Å². The fourth-order valence-corrected chi connectivity index (χ4v) is 1.76. The second-order valence-corrected chi connectivity index (χ2v) is 4.07. The SMILES string of the molecule is CCOc1ccc(Oc2cc[nH]c(=S)c2C#N)cc1. The second-order valence-electron chi connectivity index (χ2n) is 3.66. The lowest BCUT2D eigenvalue weighted by Gasteiger charge is -2.08. The third-order valence-corrected chi connectivity index (χ3v) is 2.72. The Balaban J connectivity index is 2.24. The standard InChI is InChI=1S/C14H12N2O2S/c1-2-17-10-3-5-11(6-4-10)18-13-7-8-16-14(19)12(13)9-15/h3-8H,2H2,1H3,(H,16,19). The highest BCUT2D eigenvalue weighted by Crippen LogP contribution is 2.26. The number of hydrogen-bond acceptors (Lipinski definition) is 4. The van der Waals surface area contributed by atoms with E-state index in [0.29, 0.717) is 28.3 Å². The van der Waals surface area contributed by atoms with Crippen LogP contribution in [0.1, 0.15) is 12.5 Å². The van der Waals surface area contributed by atoms with Crippen molar-refractivity contribution in [2.45, 2.75) is 6.92 Å². The largest absolute Gasteiger partial charge is 0.494 e. The number of pyridine rings is 1. The zero-order valence-corrected chi connectivity index (χ0v) is 11.2. The smallest absolute Gasteiger partial charge is 0.149 e. The number of hydrogen-bond donors (Lipinski definition) is 1. The molecular weight excluding hydrogens is 260 g/mol. The summed E-state index contributed by atoms with van der Waals surface area (Å²) in [6, 6.07) is 10.9. The molecule has 0 saturated carbocycles. The van der Waals surface area contributed by atoms with Gasteiger partial charge in [-0.15, -0.1) is 0 Å². The monoisotopic (exact) mass is 272 g/mol. The van der Waals surface area contributed by atoms with Crippen molar-refractivity contribution in [1.82, 2.24) is 4.98 Å². The van der Waals surface area contributed by atoms with Crippen LogP contribution < -0.4 is 9.47 Å². The van der Waals surface area contributed by atoms with Gasteiger partial charge in [-0.3, -0.25) is 0 Å². The van der Waals surface area contributed by atoms with Crippen LogP contribution in [0.25, 0.3) is 0 Å². The van der Waals surface area contributed by atoms with Crippen LogP contribution in [0.2, 0.25) is 0 Å². The predicted octanol–water partition coefficient (Wildman–Crippen LogP) is 3.81. The number of ether oxygens (including phenoxy) is 2. The zero-order chi connectivity index (χ0) is 13.7. The molecule has 0 fully saturated rings. The minimum atomic E-state index is 0.325. The zero-order valence-electron chi connectivity index (χ0n) is 10.3. The molecule has 96 valence electrons. The Kier molecular flexibility index (Phi) is 4.16. The van der Waals surface area contributed by atoms with Gasteiger partial charge >= 0.3 is 0 Å². The molecule has 0 unspecified atom stereocenters. The number of nitrogens with zero attached hydrogens (tertiary/aromatic N) is 1. The lowest BCUT2D eigenvalue weighted by Crippen LogP contribution is -1.92. The van der Waals surface area contributed by atoms with E-state index in [1.807, 2.05) is 25.1 Å². The highest BCUT2D eigenvalue weighted by Gasteiger charge is 2.06. The molecule has 0 saturated heterocycles. The molecule has 1 aromatic carbocycles. The average Bonchev–Trinajstić information content (AvgIpc) is 2.42. The molecule has 19 heavy (non-hydrogen) atoms. The molecule has 0 radical (unpaired) electrons. The van der Waals surface area contributed by atoms with Gasteiger partial charge in [0.15, 0.2) is 0 Å². The summed E-state index contributed by atoms with van der Waals surface area (Å²) in [5.74, 6) is 1.84. The Labute approximate surface area is 116 Å². The number of benzene rings is 1. The van der Waals surface area contributed by atoms with Gasteiger partial charge in [-0.05, 0) is 37.3 Å². The first kappa shape index (κ1) is 13.1. The molecule has 2 aromatic rings. The van der Waals surface area contributed by atoms with Crippen LogP contribution in [-0.4, -0.2) is 11.6 Å². The number of rotatable bonds is 4. The summed E-state index contributed by atoms with van der Waals surface area (Å²) in [6.07, 6.45) is 1.65. The number of nitrogens with one attached hydrogen (secondary N) is 1. The van der Waals surface area contributed by atoms with Crippen molar-refractivity contribution in [3.63, 3.8) is 0 Å². The minimum Gasteiger partial charge on any atom is -0.494 e. The number of aromatic amines is 1. The topological polar surface area (TPSA) is 58.0 Å². The molecule has 2 rings (SSSR count). The van der Waals surface area contributed by atoms with E-state index in [1.165, 1.54) is 0 Å². The molecule has 0 bridgehead atoms. The average molecular weight is 272 g/mol. The first-order chi connectivity index (χ1) is 9.24. The molecule has 0 atom stereocenters. The number of nitriles is 1. The Morgan fingerprint density at radius 2 is 1.89 bits per heavy atom. The van der Waals surface area contributed by atoms with Gasteiger partial charge in [-0.1, -0.05) is 12.2 Å². The van der Waals surface area contributed by atoms with Crippen molar-refractivity contribution in [3.8, 4) is 23.3 Å². The molecular formula is C14H12N2O2S. The van der Waals surface area contributed by atoms with E-state index in [-0.39, 0.29) is 0 Å². The molecule has 0 amide bonds. The van der Waals surface area contributed by atoms with Crippen molar-refractivity contribution in [1.29, 1.82) is 5.26 Å². The lowest BCUT2D eigenvalue weighted by atomic mass is 10.3. The highest BCUT2D eigenvalue weighted by atomic mass is 32.1. The molecule has 1 N–H and O–H groups in total. The Morgan fingerprint density at radius 1 is 1.21 bits per heavy atom. The van der Waals surface area contributed by atoms with Gasteiger partial charge in [0.1, 0.15) is 33.5 Å². The van der Waals surface area contributed by atoms with Gasteiger partial charge in [0, 0.05) is 6.20 Å². The van der Waals surface area contributed by atoms with E-state index in [2.05, 4.69) is 4.98 Å². The Morgan fingerprint density at radius 3 is 2.53 bits per heavy atom. The normalized spacial score (nSPS) is 9.68. The Hall–Kier alpha value is -2.32. The maximum Gasteiger partial charge on any atom is 0.149 e. The van der Waals surface area contributed by atoms with E-state index in [1.54, 1.807) is 24.4 Å². The molecule has 0 aliphatic carbocycles. The summed E-state index contributed by atoms with van der Waals surface area (Å²) >= 11 is 5.03. The number of aromatic nitrogens is 1. The molecule has 1 heterocycles. The predicted molar refractivity (Wildman–Crippen MR) is 74.0 cm³/mol. The maximum absolute atomic E-state index is 9.05. The quantitative estimate of drug-likeness (QED) is 0.860. The molecule has 0 spiro atoms. The molecule has 0 aliphatic heterocycles. The lowest BCUT2D eigenvalue weighted by molar-refractivity contribution is 0.339. The molecule has 0 aliphatic rings. The van der Waals surface area contributed by atoms with Crippen molar-refractivity contribution >= 4 is 12.2 Å². The summed E-state index contributed by atoms with van der Waals surface area (Å²) in [5, 5.41) is 9.05. The molecule has 4 nitrogen and oxygen atoms in total. The minimum absolute atomic E-state index is 0.325. The molecule has 5 heteroatoms. The van der Waals surface area contributed by atoms with Crippen molar-refractivity contribution in [2.24, 2.45) is 0 Å². The van der Waals surface area contributed by atoms with Crippen molar-refractivity contribution in [2.75, 3.05) is 6.61 Å². The fraction of sp³-hybridized carbons (Fsp3) is 0.143.